The number of piperazine rings is 1. The molecule has 2 unspecified atom stereocenters. The van der Waals surface area contributed by atoms with Crippen LogP contribution < -0.4 is 4.74 Å². The van der Waals surface area contributed by atoms with Gasteiger partial charge in [-0.3, -0.25) is 4.79 Å². The van der Waals surface area contributed by atoms with Gasteiger partial charge in [0.05, 0.1) is 12.0 Å². The number of methoxy groups -OCH3 is 1. The van der Waals surface area contributed by atoms with Gasteiger partial charge >= 0.3 is 0 Å². The van der Waals surface area contributed by atoms with Crippen LogP contribution >= 0.6 is 0 Å². The highest BCUT2D eigenvalue weighted by Gasteiger charge is 2.36. The van der Waals surface area contributed by atoms with Crippen LogP contribution in [0, 0.1) is 5.92 Å². The summed E-state index contributed by atoms with van der Waals surface area (Å²) < 4.78 is 37.9. The molecule has 2 atom stereocenters. The van der Waals surface area contributed by atoms with Gasteiger partial charge in [-0.15, -0.1) is 0 Å². The molecule has 1 saturated heterocycles. The number of ether oxygens (including phenoxy) is 1. The van der Waals surface area contributed by atoms with Crippen molar-refractivity contribution in [2.75, 3.05) is 33.3 Å². The Balaban J connectivity index is 1.33. The van der Waals surface area contributed by atoms with Crippen LogP contribution in [0.5, 0.6) is 5.75 Å². The molecule has 1 amide bonds. The molecule has 2 aromatic rings. The first-order valence-electron chi connectivity index (χ1n) is 10.1. The Hall–Kier alpha value is -2.58. The highest BCUT2D eigenvalue weighted by atomic mass is 32.2. The average molecular weight is 431 g/mol. The first-order valence-corrected chi connectivity index (χ1v) is 11.5. The zero-order valence-corrected chi connectivity index (χ0v) is 18.0. The first-order chi connectivity index (χ1) is 14.4. The summed E-state index contributed by atoms with van der Waals surface area (Å²) in [5.41, 5.74) is 0. The highest BCUT2D eigenvalue weighted by Crippen LogP contribution is 2.47. The van der Waals surface area contributed by atoms with Crippen molar-refractivity contribution in [2.24, 2.45) is 5.92 Å². The summed E-state index contributed by atoms with van der Waals surface area (Å²) in [5.74, 6) is 3.27. The lowest BCUT2D eigenvalue weighted by molar-refractivity contribution is -0.127. The maximum atomic E-state index is 12.8. The van der Waals surface area contributed by atoms with Gasteiger partial charge in [0.15, 0.2) is 0 Å². The predicted molar refractivity (Wildman–Crippen MR) is 113 cm³/mol. The standard InChI is InChI=1S/C22H26N2O5S/c1-16-15-20(16)21-9-5-18(29-21)6-10-22(25)23-11-13-24(14-12-23)30(26,27)19-7-3-17(28-2)4-8-19/h3-10,16,20H,11-15H2,1-2H3. The molecule has 30 heavy (non-hydrogen) atoms. The average Bonchev–Trinajstić information content (AvgIpc) is 3.31. The molecular formula is C22H26N2O5S. The van der Waals surface area contributed by atoms with E-state index in [2.05, 4.69) is 6.92 Å². The second-order valence-electron chi connectivity index (χ2n) is 7.80. The van der Waals surface area contributed by atoms with Gasteiger partial charge in [0, 0.05) is 38.2 Å². The Morgan fingerprint density at radius 3 is 2.37 bits per heavy atom. The van der Waals surface area contributed by atoms with E-state index in [-0.39, 0.29) is 23.9 Å². The molecule has 0 spiro atoms. The van der Waals surface area contributed by atoms with Crippen molar-refractivity contribution in [1.29, 1.82) is 0 Å². The largest absolute Gasteiger partial charge is 0.497 e. The zero-order valence-electron chi connectivity index (χ0n) is 17.2. The molecule has 1 saturated carbocycles. The van der Waals surface area contributed by atoms with Gasteiger partial charge in [0.25, 0.3) is 0 Å². The lowest BCUT2D eigenvalue weighted by atomic mass is 10.3. The number of hydrogen-bond acceptors (Lipinski definition) is 5. The molecule has 1 aromatic heterocycles. The van der Waals surface area contributed by atoms with Crippen molar-refractivity contribution >= 4 is 22.0 Å². The quantitative estimate of drug-likeness (QED) is 0.659. The maximum Gasteiger partial charge on any atom is 0.246 e. The topological polar surface area (TPSA) is 80.1 Å². The first kappa shape index (κ1) is 20.7. The number of carbonyl (C=O) groups excluding carboxylic acids is 1. The fraction of sp³-hybridized carbons (Fsp3) is 0.409. The van der Waals surface area contributed by atoms with Gasteiger partial charge in [-0.05, 0) is 54.8 Å². The Labute approximate surface area is 177 Å². The number of nitrogens with zero attached hydrogens (tertiary/aromatic N) is 2. The van der Waals surface area contributed by atoms with E-state index in [1.54, 1.807) is 23.1 Å². The van der Waals surface area contributed by atoms with Gasteiger partial charge in [0.1, 0.15) is 17.3 Å². The SMILES string of the molecule is COc1ccc(S(=O)(=O)N2CCN(C(=O)C=Cc3ccc(C4CC4C)o3)CC2)cc1. The molecule has 2 heterocycles. The number of amides is 1. The van der Waals surface area contributed by atoms with E-state index in [4.69, 9.17) is 9.15 Å². The molecule has 0 radical (unpaired) electrons. The van der Waals surface area contributed by atoms with Crippen LogP contribution in [0.15, 0.2) is 51.8 Å². The summed E-state index contributed by atoms with van der Waals surface area (Å²) in [6.45, 7) is 3.42. The molecule has 8 heteroatoms. The van der Waals surface area contributed by atoms with Crippen molar-refractivity contribution in [3.05, 3.63) is 54.0 Å². The molecule has 0 bridgehead atoms. The van der Waals surface area contributed by atoms with Gasteiger partial charge < -0.3 is 14.1 Å². The Kier molecular flexibility index (Phi) is 5.71. The summed E-state index contributed by atoms with van der Waals surface area (Å²) in [4.78, 5) is 14.4. The van der Waals surface area contributed by atoms with E-state index < -0.39 is 10.0 Å². The Morgan fingerprint density at radius 2 is 1.77 bits per heavy atom. The van der Waals surface area contributed by atoms with Gasteiger partial charge in [-0.25, -0.2) is 8.42 Å². The van der Waals surface area contributed by atoms with E-state index in [0.717, 1.165) is 12.2 Å². The van der Waals surface area contributed by atoms with Crippen LogP contribution in [-0.2, 0) is 14.8 Å². The number of sulfonamides is 1. The highest BCUT2D eigenvalue weighted by molar-refractivity contribution is 7.89. The lowest BCUT2D eigenvalue weighted by Gasteiger charge is -2.33. The van der Waals surface area contributed by atoms with Crippen molar-refractivity contribution in [3.8, 4) is 5.75 Å². The normalized spacial score (nSPS) is 22.4. The van der Waals surface area contributed by atoms with Crippen molar-refractivity contribution in [3.63, 3.8) is 0 Å². The lowest BCUT2D eigenvalue weighted by Crippen LogP contribution is -2.50. The minimum Gasteiger partial charge on any atom is -0.497 e. The number of hydrogen-bond donors (Lipinski definition) is 0. The molecular weight excluding hydrogens is 404 g/mol. The number of rotatable bonds is 6. The van der Waals surface area contributed by atoms with Crippen LogP contribution in [0.4, 0.5) is 0 Å². The summed E-state index contributed by atoms with van der Waals surface area (Å²) in [5, 5.41) is 0. The monoisotopic (exact) mass is 430 g/mol. The molecule has 2 fully saturated rings. The summed E-state index contributed by atoms with van der Waals surface area (Å²) in [6.07, 6.45) is 4.32. The number of furan rings is 1. The predicted octanol–water partition coefficient (Wildman–Crippen LogP) is 2.96. The molecule has 7 nitrogen and oxygen atoms in total. The summed E-state index contributed by atoms with van der Waals surface area (Å²) >= 11 is 0. The molecule has 0 N–H and O–H groups in total. The minimum absolute atomic E-state index is 0.144. The van der Waals surface area contributed by atoms with Crippen LogP contribution in [-0.4, -0.2) is 56.8 Å². The fourth-order valence-corrected chi connectivity index (χ4v) is 5.10. The molecule has 1 aliphatic carbocycles. The Morgan fingerprint density at radius 1 is 1.10 bits per heavy atom. The van der Waals surface area contributed by atoms with Crippen LogP contribution in [0.25, 0.3) is 6.08 Å². The zero-order chi connectivity index (χ0) is 21.3. The van der Waals surface area contributed by atoms with Crippen LogP contribution in [0.3, 0.4) is 0 Å². The second-order valence-corrected chi connectivity index (χ2v) is 9.74. The van der Waals surface area contributed by atoms with Crippen molar-refractivity contribution in [1.82, 2.24) is 9.21 Å². The van der Waals surface area contributed by atoms with E-state index in [1.165, 1.54) is 29.6 Å². The van der Waals surface area contributed by atoms with E-state index in [1.807, 2.05) is 12.1 Å². The number of carbonyl (C=O) groups is 1. The Bertz CT molecular complexity index is 1030. The molecule has 1 aliphatic heterocycles. The third kappa shape index (κ3) is 4.29. The van der Waals surface area contributed by atoms with Crippen molar-refractivity contribution in [2.45, 2.75) is 24.2 Å². The molecule has 1 aromatic carbocycles. The molecule has 2 aliphatic rings. The fourth-order valence-electron chi connectivity index (χ4n) is 3.68. The minimum atomic E-state index is -3.59. The van der Waals surface area contributed by atoms with E-state index >= 15 is 0 Å². The molecule has 160 valence electrons. The third-order valence-electron chi connectivity index (χ3n) is 5.76. The maximum absolute atomic E-state index is 12.8. The third-order valence-corrected chi connectivity index (χ3v) is 7.67. The van der Waals surface area contributed by atoms with Crippen LogP contribution in [0.2, 0.25) is 0 Å². The summed E-state index contributed by atoms with van der Waals surface area (Å²) in [6, 6.07) is 10.2. The van der Waals surface area contributed by atoms with E-state index in [0.29, 0.717) is 36.4 Å². The molecule has 4 rings (SSSR count). The second kappa shape index (κ2) is 8.28. The van der Waals surface area contributed by atoms with Gasteiger partial charge in [0.2, 0.25) is 15.9 Å². The smallest absolute Gasteiger partial charge is 0.246 e. The van der Waals surface area contributed by atoms with E-state index in [9.17, 15) is 13.2 Å². The summed E-state index contributed by atoms with van der Waals surface area (Å²) in [7, 11) is -2.05. The van der Waals surface area contributed by atoms with Gasteiger partial charge in [-0.2, -0.15) is 4.31 Å². The van der Waals surface area contributed by atoms with Crippen molar-refractivity contribution < 1.29 is 22.4 Å². The number of benzene rings is 1. The van der Waals surface area contributed by atoms with Gasteiger partial charge in [-0.1, -0.05) is 6.92 Å². The van der Waals surface area contributed by atoms with Crippen LogP contribution in [0.1, 0.15) is 30.8 Å².